The Morgan fingerprint density at radius 1 is 1.00 bits per heavy atom. The Morgan fingerprint density at radius 2 is 1.78 bits per heavy atom. The van der Waals surface area contributed by atoms with Crippen molar-refractivity contribution in [1.29, 1.82) is 0 Å². The minimum Gasteiger partial charge on any atom is -0.356 e. The molecule has 1 fully saturated rings. The highest BCUT2D eigenvalue weighted by Gasteiger charge is 2.41. The van der Waals surface area contributed by atoms with Crippen molar-refractivity contribution in [2.45, 2.75) is 39.2 Å². The van der Waals surface area contributed by atoms with Crippen LogP contribution in [-0.2, 0) is 17.8 Å². The summed E-state index contributed by atoms with van der Waals surface area (Å²) in [6.07, 6.45) is 10.8. The first-order valence-corrected chi connectivity index (χ1v) is 11.6. The molecule has 0 aliphatic carbocycles. The fourth-order valence-electron chi connectivity index (χ4n) is 4.64. The molecule has 2 aromatic heterocycles. The average Bonchev–Trinajstić information content (AvgIpc) is 2.85. The summed E-state index contributed by atoms with van der Waals surface area (Å²) in [5.74, 6) is 0.198. The van der Waals surface area contributed by atoms with Gasteiger partial charge in [0.2, 0.25) is 5.91 Å². The van der Waals surface area contributed by atoms with Crippen LogP contribution in [-0.4, -0.2) is 40.4 Å². The molecule has 0 bridgehead atoms. The lowest BCUT2D eigenvalue weighted by atomic mass is 9.72. The predicted octanol–water partition coefficient (Wildman–Crippen LogP) is 4.49. The third-order valence-electron chi connectivity index (χ3n) is 6.50. The molecule has 5 nitrogen and oxygen atoms in total. The molecule has 5 heteroatoms. The van der Waals surface area contributed by atoms with E-state index in [2.05, 4.69) is 69.6 Å². The van der Waals surface area contributed by atoms with Crippen LogP contribution in [0.1, 0.15) is 37.3 Å². The lowest BCUT2D eigenvalue weighted by Crippen LogP contribution is -2.50. The van der Waals surface area contributed by atoms with Crippen LogP contribution in [0, 0.1) is 5.41 Å². The van der Waals surface area contributed by atoms with Crippen molar-refractivity contribution < 1.29 is 4.79 Å². The van der Waals surface area contributed by atoms with Crippen molar-refractivity contribution in [1.82, 2.24) is 20.2 Å². The Hall–Kier alpha value is -3.05. The lowest BCUT2D eigenvalue weighted by molar-refractivity contribution is -0.134. The summed E-state index contributed by atoms with van der Waals surface area (Å²) in [4.78, 5) is 24.3. The predicted molar refractivity (Wildman–Crippen MR) is 128 cm³/mol. The number of hydrogen-bond donors (Lipinski definition) is 1. The van der Waals surface area contributed by atoms with E-state index < -0.39 is 0 Å². The van der Waals surface area contributed by atoms with E-state index in [-0.39, 0.29) is 11.3 Å². The molecular formula is C27H32N4O. The van der Waals surface area contributed by atoms with Crippen LogP contribution in [0.4, 0.5) is 0 Å². The van der Waals surface area contributed by atoms with Gasteiger partial charge in [0.05, 0.1) is 5.41 Å². The van der Waals surface area contributed by atoms with Crippen LogP contribution in [0.25, 0.3) is 11.1 Å². The summed E-state index contributed by atoms with van der Waals surface area (Å²) in [6.45, 7) is 5.56. The van der Waals surface area contributed by atoms with Crippen LogP contribution in [0.2, 0.25) is 0 Å². The van der Waals surface area contributed by atoms with Gasteiger partial charge in [0.15, 0.2) is 0 Å². The molecule has 4 rings (SSSR count). The molecule has 1 aliphatic rings. The number of piperidine rings is 1. The highest BCUT2D eigenvalue weighted by Crippen LogP contribution is 2.38. The molecule has 0 unspecified atom stereocenters. The SMILES string of the molecule is CCCNC(=O)C1(Cc2ccccc2-c2cccnc2)CCN(Cc2ccncc2)CC1. The molecule has 1 aliphatic heterocycles. The van der Waals surface area contributed by atoms with Crippen molar-refractivity contribution in [2.75, 3.05) is 19.6 Å². The maximum Gasteiger partial charge on any atom is 0.226 e. The topological polar surface area (TPSA) is 58.1 Å². The first-order valence-electron chi connectivity index (χ1n) is 11.6. The zero-order valence-electron chi connectivity index (χ0n) is 18.8. The number of nitrogens with zero attached hydrogens (tertiary/aromatic N) is 3. The fraction of sp³-hybridized carbons (Fsp3) is 0.370. The first-order chi connectivity index (χ1) is 15.7. The molecule has 166 valence electrons. The van der Waals surface area contributed by atoms with Crippen LogP contribution >= 0.6 is 0 Å². The molecule has 1 amide bonds. The maximum absolute atomic E-state index is 13.4. The van der Waals surface area contributed by atoms with Gasteiger partial charge in [-0.1, -0.05) is 37.3 Å². The van der Waals surface area contributed by atoms with E-state index in [1.54, 1.807) is 6.20 Å². The van der Waals surface area contributed by atoms with E-state index in [9.17, 15) is 4.79 Å². The average molecular weight is 429 g/mol. The molecule has 3 aromatic rings. The standard InChI is InChI=1S/C27H32N4O/c1-2-13-30-26(32)27(11-17-31(18-12-27)21-22-9-15-28-16-10-22)19-23-6-3-4-8-25(23)24-7-5-14-29-20-24/h3-10,14-16,20H,2,11-13,17-19,21H2,1H3,(H,30,32). The zero-order chi connectivity index (χ0) is 22.2. The lowest BCUT2D eigenvalue weighted by Gasteiger charge is -2.41. The van der Waals surface area contributed by atoms with Crippen molar-refractivity contribution in [3.63, 3.8) is 0 Å². The summed E-state index contributed by atoms with van der Waals surface area (Å²) in [5, 5.41) is 3.21. The largest absolute Gasteiger partial charge is 0.356 e. The Kier molecular flexibility index (Phi) is 7.28. The molecule has 32 heavy (non-hydrogen) atoms. The summed E-state index contributed by atoms with van der Waals surface area (Å²) < 4.78 is 0. The van der Waals surface area contributed by atoms with Gasteiger partial charge in [-0.3, -0.25) is 19.7 Å². The van der Waals surface area contributed by atoms with Gasteiger partial charge in [-0.05, 0) is 73.7 Å². The van der Waals surface area contributed by atoms with Gasteiger partial charge in [-0.25, -0.2) is 0 Å². The molecular weight excluding hydrogens is 396 g/mol. The van der Waals surface area contributed by atoms with E-state index in [1.807, 2.05) is 24.7 Å². The minimum absolute atomic E-state index is 0.198. The second-order valence-corrected chi connectivity index (χ2v) is 8.74. The normalized spacial score (nSPS) is 15.9. The van der Waals surface area contributed by atoms with Crippen LogP contribution in [0.3, 0.4) is 0 Å². The fourth-order valence-corrected chi connectivity index (χ4v) is 4.64. The molecule has 1 aromatic carbocycles. The number of carbonyl (C=O) groups excluding carboxylic acids is 1. The highest BCUT2D eigenvalue weighted by atomic mass is 16.2. The van der Waals surface area contributed by atoms with Crippen molar-refractivity contribution in [3.05, 3.63) is 84.4 Å². The highest BCUT2D eigenvalue weighted by molar-refractivity contribution is 5.83. The first kappa shape index (κ1) is 22.2. The second-order valence-electron chi connectivity index (χ2n) is 8.74. The summed E-state index contributed by atoms with van der Waals surface area (Å²) in [7, 11) is 0. The van der Waals surface area contributed by atoms with E-state index in [0.29, 0.717) is 0 Å². The quantitative estimate of drug-likeness (QED) is 0.574. The summed E-state index contributed by atoms with van der Waals surface area (Å²) >= 11 is 0. The number of nitrogens with one attached hydrogen (secondary N) is 1. The monoisotopic (exact) mass is 428 g/mol. The molecule has 3 heterocycles. The van der Waals surface area contributed by atoms with E-state index in [4.69, 9.17) is 0 Å². The summed E-state index contributed by atoms with van der Waals surface area (Å²) in [6, 6.07) is 16.6. The number of rotatable bonds is 8. The molecule has 0 radical (unpaired) electrons. The Balaban J connectivity index is 1.56. The Labute approximate surface area is 190 Å². The van der Waals surface area contributed by atoms with Crippen LogP contribution in [0.5, 0.6) is 0 Å². The van der Waals surface area contributed by atoms with Gasteiger partial charge < -0.3 is 5.32 Å². The van der Waals surface area contributed by atoms with Crippen LogP contribution in [0.15, 0.2) is 73.3 Å². The van der Waals surface area contributed by atoms with Crippen molar-refractivity contribution in [3.8, 4) is 11.1 Å². The minimum atomic E-state index is -0.387. The number of likely N-dealkylation sites (tertiary alicyclic amines) is 1. The molecule has 0 spiro atoms. The van der Waals surface area contributed by atoms with Crippen molar-refractivity contribution >= 4 is 5.91 Å². The van der Waals surface area contributed by atoms with E-state index in [1.165, 1.54) is 16.7 Å². The van der Waals surface area contributed by atoms with E-state index >= 15 is 0 Å². The second kappa shape index (κ2) is 10.5. The molecule has 0 atom stereocenters. The van der Waals surface area contributed by atoms with Gasteiger partial charge in [0.25, 0.3) is 0 Å². The third-order valence-corrected chi connectivity index (χ3v) is 6.50. The van der Waals surface area contributed by atoms with Gasteiger partial charge >= 0.3 is 0 Å². The number of carbonyl (C=O) groups is 1. The molecule has 1 saturated heterocycles. The Bertz CT molecular complexity index is 998. The number of hydrogen-bond acceptors (Lipinski definition) is 4. The van der Waals surface area contributed by atoms with Gasteiger partial charge in [0.1, 0.15) is 0 Å². The number of amides is 1. The van der Waals surface area contributed by atoms with Crippen LogP contribution < -0.4 is 5.32 Å². The maximum atomic E-state index is 13.4. The number of benzene rings is 1. The summed E-state index contributed by atoms with van der Waals surface area (Å²) in [5.41, 5.74) is 4.37. The zero-order valence-corrected chi connectivity index (χ0v) is 18.8. The van der Waals surface area contributed by atoms with Crippen molar-refractivity contribution in [2.24, 2.45) is 5.41 Å². The molecule has 1 N–H and O–H groups in total. The van der Waals surface area contributed by atoms with E-state index in [0.717, 1.165) is 57.4 Å². The number of aromatic nitrogens is 2. The molecule has 0 saturated carbocycles. The number of pyridine rings is 2. The smallest absolute Gasteiger partial charge is 0.226 e. The van der Waals surface area contributed by atoms with Gasteiger partial charge in [-0.2, -0.15) is 0 Å². The third kappa shape index (κ3) is 5.22. The van der Waals surface area contributed by atoms with Gasteiger partial charge in [-0.15, -0.1) is 0 Å². The van der Waals surface area contributed by atoms with Gasteiger partial charge in [0, 0.05) is 43.4 Å². The Morgan fingerprint density at radius 3 is 2.50 bits per heavy atom.